The molecule has 0 saturated carbocycles. The first-order chi connectivity index (χ1) is 9.31. The fourth-order valence-electron chi connectivity index (χ4n) is 2.66. The van der Waals surface area contributed by atoms with Crippen molar-refractivity contribution in [3.8, 4) is 0 Å². The van der Waals surface area contributed by atoms with Gasteiger partial charge in [-0.25, -0.2) is 0 Å². The Morgan fingerprint density at radius 3 is 3.11 bits per heavy atom. The predicted molar refractivity (Wildman–Crippen MR) is 77.3 cm³/mol. The highest BCUT2D eigenvalue weighted by molar-refractivity contribution is 5.04. The van der Waals surface area contributed by atoms with E-state index in [-0.39, 0.29) is 0 Å². The molecule has 2 heterocycles. The first-order valence-corrected chi connectivity index (χ1v) is 7.22. The van der Waals surface area contributed by atoms with Crippen LogP contribution in [0.25, 0.3) is 0 Å². The van der Waals surface area contributed by atoms with E-state index in [1.807, 2.05) is 18.3 Å². The van der Waals surface area contributed by atoms with E-state index in [2.05, 4.69) is 35.2 Å². The van der Waals surface area contributed by atoms with E-state index in [9.17, 15) is 0 Å². The van der Waals surface area contributed by atoms with Crippen LogP contribution in [0.2, 0.25) is 0 Å². The van der Waals surface area contributed by atoms with Crippen molar-refractivity contribution in [2.24, 2.45) is 0 Å². The van der Waals surface area contributed by atoms with Crippen LogP contribution in [-0.2, 0) is 11.2 Å². The van der Waals surface area contributed by atoms with Crippen molar-refractivity contribution in [1.82, 2.24) is 15.2 Å². The largest absolute Gasteiger partial charge is 0.380 e. The molecule has 1 aromatic rings. The van der Waals surface area contributed by atoms with Crippen molar-refractivity contribution in [2.45, 2.75) is 31.8 Å². The molecule has 2 atom stereocenters. The average Bonchev–Trinajstić information content (AvgIpc) is 2.47. The van der Waals surface area contributed by atoms with Gasteiger partial charge in [-0.15, -0.1) is 0 Å². The van der Waals surface area contributed by atoms with Crippen molar-refractivity contribution in [2.75, 3.05) is 33.4 Å². The highest BCUT2D eigenvalue weighted by atomic mass is 16.5. The normalized spacial score (nSPS) is 23.7. The fourth-order valence-corrected chi connectivity index (χ4v) is 2.66. The number of ether oxygens (including phenoxy) is 1. The Labute approximate surface area is 116 Å². The van der Waals surface area contributed by atoms with Gasteiger partial charge in [0.05, 0.1) is 6.61 Å². The minimum Gasteiger partial charge on any atom is -0.380 e. The topological polar surface area (TPSA) is 37.4 Å². The van der Waals surface area contributed by atoms with Crippen LogP contribution in [0.1, 0.15) is 19.0 Å². The summed E-state index contributed by atoms with van der Waals surface area (Å²) in [5, 5.41) is 3.58. The molecule has 19 heavy (non-hydrogen) atoms. The van der Waals surface area contributed by atoms with Gasteiger partial charge in [-0.2, -0.15) is 0 Å². The van der Waals surface area contributed by atoms with Gasteiger partial charge in [-0.1, -0.05) is 13.0 Å². The summed E-state index contributed by atoms with van der Waals surface area (Å²) in [6, 6.07) is 7.12. The van der Waals surface area contributed by atoms with Crippen LogP contribution in [0.3, 0.4) is 0 Å². The number of pyridine rings is 1. The highest BCUT2D eigenvalue weighted by Gasteiger charge is 2.27. The summed E-state index contributed by atoms with van der Waals surface area (Å²) >= 11 is 0. The summed E-state index contributed by atoms with van der Waals surface area (Å²) < 4.78 is 5.63. The summed E-state index contributed by atoms with van der Waals surface area (Å²) in [6.07, 6.45) is 3.96. The zero-order valence-electron chi connectivity index (χ0n) is 12.0. The zero-order valence-corrected chi connectivity index (χ0v) is 12.0. The Morgan fingerprint density at radius 1 is 1.47 bits per heavy atom. The lowest BCUT2D eigenvalue weighted by molar-refractivity contribution is 0.00679. The van der Waals surface area contributed by atoms with Crippen LogP contribution < -0.4 is 5.32 Å². The molecule has 1 aliphatic heterocycles. The van der Waals surface area contributed by atoms with Crippen LogP contribution in [0.15, 0.2) is 24.4 Å². The SMILES string of the molecule is CCNC1CCOCC1N(C)CCc1ccccn1. The molecule has 1 N–H and O–H groups in total. The van der Waals surface area contributed by atoms with Crippen LogP contribution in [0.4, 0.5) is 0 Å². The lowest BCUT2D eigenvalue weighted by atomic mass is 10.0. The van der Waals surface area contributed by atoms with Gasteiger partial charge in [0.1, 0.15) is 0 Å². The van der Waals surface area contributed by atoms with Gasteiger partial charge in [0.25, 0.3) is 0 Å². The zero-order chi connectivity index (χ0) is 13.5. The fraction of sp³-hybridized carbons (Fsp3) is 0.667. The highest BCUT2D eigenvalue weighted by Crippen LogP contribution is 2.13. The van der Waals surface area contributed by atoms with E-state index in [0.717, 1.165) is 44.8 Å². The molecule has 2 rings (SSSR count). The molecule has 0 bridgehead atoms. The van der Waals surface area contributed by atoms with Crippen molar-refractivity contribution in [3.05, 3.63) is 30.1 Å². The number of hydrogen-bond donors (Lipinski definition) is 1. The molecule has 1 aliphatic rings. The average molecular weight is 263 g/mol. The van der Waals surface area contributed by atoms with Crippen LogP contribution >= 0.6 is 0 Å². The Kier molecular flexibility index (Phi) is 5.76. The van der Waals surface area contributed by atoms with E-state index in [4.69, 9.17) is 4.74 Å². The molecule has 0 amide bonds. The second-order valence-electron chi connectivity index (χ2n) is 5.15. The van der Waals surface area contributed by atoms with E-state index in [1.54, 1.807) is 0 Å². The van der Waals surface area contributed by atoms with E-state index in [0.29, 0.717) is 12.1 Å². The second-order valence-corrected chi connectivity index (χ2v) is 5.15. The first-order valence-electron chi connectivity index (χ1n) is 7.22. The molecular formula is C15H25N3O. The predicted octanol–water partition coefficient (Wildman–Crippen LogP) is 1.32. The number of rotatable bonds is 6. The Hall–Kier alpha value is -0.970. The first kappa shape index (κ1) is 14.4. The summed E-state index contributed by atoms with van der Waals surface area (Å²) in [5.41, 5.74) is 1.16. The number of nitrogens with one attached hydrogen (secondary N) is 1. The minimum absolute atomic E-state index is 0.470. The maximum absolute atomic E-state index is 5.63. The third-order valence-corrected chi connectivity index (χ3v) is 3.81. The molecule has 2 unspecified atom stereocenters. The van der Waals surface area contributed by atoms with Gasteiger partial charge in [0.15, 0.2) is 0 Å². The van der Waals surface area contributed by atoms with Crippen molar-refractivity contribution >= 4 is 0 Å². The monoisotopic (exact) mass is 263 g/mol. The molecule has 0 radical (unpaired) electrons. The summed E-state index contributed by atoms with van der Waals surface area (Å²) in [5.74, 6) is 0. The number of aromatic nitrogens is 1. The maximum Gasteiger partial charge on any atom is 0.0636 e. The van der Waals surface area contributed by atoms with Crippen molar-refractivity contribution in [3.63, 3.8) is 0 Å². The molecule has 1 aromatic heterocycles. The summed E-state index contributed by atoms with van der Waals surface area (Å²) in [6.45, 7) is 5.92. The van der Waals surface area contributed by atoms with Crippen molar-refractivity contribution in [1.29, 1.82) is 0 Å². The minimum atomic E-state index is 0.470. The van der Waals surface area contributed by atoms with Gasteiger partial charge in [0, 0.05) is 43.5 Å². The molecule has 0 aromatic carbocycles. The lowest BCUT2D eigenvalue weighted by Gasteiger charge is -2.38. The van der Waals surface area contributed by atoms with E-state index in [1.165, 1.54) is 0 Å². The third-order valence-electron chi connectivity index (χ3n) is 3.81. The van der Waals surface area contributed by atoms with E-state index < -0.39 is 0 Å². The van der Waals surface area contributed by atoms with Crippen molar-refractivity contribution < 1.29 is 4.74 Å². The van der Waals surface area contributed by atoms with Gasteiger partial charge in [-0.3, -0.25) is 9.88 Å². The summed E-state index contributed by atoms with van der Waals surface area (Å²) in [7, 11) is 2.19. The Balaban J connectivity index is 1.85. The Morgan fingerprint density at radius 2 is 2.37 bits per heavy atom. The van der Waals surface area contributed by atoms with Gasteiger partial charge in [0.2, 0.25) is 0 Å². The van der Waals surface area contributed by atoms with E-state index >= 15 is 0 Å². The van der Waals surface area contributed by atoms with Crippen LogP contribution in [0, 0.1) is 0 Å². The molecular weight excluding hydrogens is 238 g/mol. The Bertz CT molecular complexity index is 356. The number of nitrogens with zero attached hydrogens (tertiary/aromatic N) is 2. The lowest BCUT2D eigenvalue weighted by Crippen LogP contribution is -2.54. The molecule has 0 spiro atoms. The smallest absolute Gasteiger partial charge is 0.0636 e. The number of hydrogen-bond acceptors (Lipinski definition) is 4. The maximum atomic E-state index is 5.63. The molecule has 1 fully saturated rings. The molecule has 4 heteroatoms. The molecule has 1 saturated heterocycles. The molecule has 0 aliphatic carbocycles. The van der Waals surface area contributed by atoms with Crippen LogP contribution in [-0.4, -0.2) is 55.3 Å². The number of likely N-dealkylation sites (N-methyl/N-ethyl adjacent to an activating group) is 2. The molecule has 4 nitrogen and oxygen atoms in total. The second kappa shape index (κ2) is 7.58. The standard InChI is InChI=1S/C15H25N3O/c1-3-16-14-8-11-19-12-15(14)18(2)10-7-13-6-4-5-9-17-13/h4-6,9,14-16H,3,7-8,10-12H2,1-2H3. The van der Waals surface area contributed by atoms with Gasteiger partial charge >= 0.3 is 0 Å². The quantitative estimate of drug-likeness (QED) is 0.840. The molecule has 106 valence electrons. The van der Waals surface area contributed by atoms with Gasteiger partial charge < -0.3 is 10.1 Å². The van der Waals surface area contributed by atoms with Crippen LogP contribution in [0.5, 0.6) is 0 Å². The van der Waals surface area contributed by atoms with Gasteiger partial charge in [-0.05, 0) is 32.1 Å². The third kappa shape index (κ3) is 4.27. The summed E-state index contributed by atoms with van der Waals surface area (Å²) in [4.78, 5) is 6.78.